The van der Waals surface area contributed by atoms with E-state index in [1.54, 1.807) is 72.5 Å². The number of aryl methyl sites for hydroxylation is 4. The van der Waals surface area contributed by atoms with E-state index in [9.17, 15) is 54.9 Å². The van der Waals surface area contributed by atoms with Crippen LogP contribution in [0.4, 0.5) is 11.4 Å². The molecule has 0 unspecified atom stereocenters. The zero-order valence-corrected chi connectivity index (χ0v) is 53.2. The fraction of sp³-hybridized carbons (Fsp3) is 0.482. The Bertz CT molecular complexity index is 3290. The van der Waals surface area contributed by atoms with Gasteiger partial charge in [-0.1, -0.05) is 77.0 Å². The average molecular weight is 1240 g/mol. The Kier molecular flexibility index (Phi) is 29.3. The normalized spacial score (nSPS) is 19.0. The maximum atomic E-state index is 13.1. The van der Waals surface area contributed by atoms with Gasteiger partial charge in [-0.3, -0.25) is 23.7 Å². The molecule has 0 saturated heterocycles. The fourth-order valence-corrected chi connectivity index (χ4v) is 9.94. The molecule has 8 rings (SSSR count). The number of benzene rings is 2. The van der Waals surface area contributed by atoms with Gasteiger partial charge in [-0.15, -0.1) is 20.4 Å². The molecule has 0 saturated carbocycles. The first-order valence-electron chi connectivity index (χ1n) is 28.0. The summed E-state index contributed by atoms with van der Waals surface area (Å²) in [7, 11) is 0. The quantitative estimate of drug-likeness (QED) is 0.0115. The predicted molar refractivity (Wildman–Crippen MR) is 296 cm³/mol. The molecule has 2 aliphatic rings. The van der Waals surface area contributed by atoms with Gasteiger partial charge in [0.1, 0.15) is 59.7 Å². The van der Waals surface area contributed by atoms with Crippen molar-refractivity contribution in [2.75, 3.05) is 23.8 Å². The Labute approximate surface area is 549 Å². The number of aromatic nitrogens is 12. The number of aliphatic hydroxyl groups is 6. The third kappa shape index (κ3) is 20.1. The van der Waals surface area contributed by atoms with Crippen LogP contribution in [-0.2, 0) is 64.2 Å². The van der Waals surface area contributed by atoms with Crippen molar-refractivity contribution in [1.82, 2.24) is 65.3 Å². The van der Waals surface area contributed by atoms with E-state index in [0.29, 0.717) is 79.1 Å². The summed E-state index contributed by atoms with van der Waals surface area (Å²) in [6, 6.07) is 11.8. The molecule has 32 heteroatoms. The molecule has 460 valence electrons. The van der Waals surface area contributed by atoms with Crippen LogP contribution in [0.1, 0.15) is 95.1 Å². The molecule has 3 amide bonds. The van der Waals surface area contributed by atoms with Crippen LogP contribution in [0.15, 0.2) is 91.2 Å². The molecule has 9 N–H and O–H groups in total. The van der Waals surface area contributed by atoms with E-state index >= 15 is 0 Å². The molecule has 2 aliphatic heterocycles. The van der Waals surface area contributed by atoms with Gasteiger partial charge in [0.2, 0.25) is 17.7 Å². The summed E-state index contributed by atoms with van der Waals surface area (Å²) in [6.07, 6.45) is 11.4. The summed E-state index contributed by atoms with van der Waals surface area (Å²) >= 11 is 0. The molecule has 4 aromatic heterocycles. The van der Waals surface area contributed by atoms with Crippen LogP contribution in [0, 0.1) is 12.2 Å². The standard InChI is InChI=1S/C55H70N15O13.CO2.2Na/c1-33-44(26-47(55(80)81)83-53(33)51(78)45(74)31-71)70-30-42(62-66-70)38-17-8-10-19-40(38)58-49(77)21-6-4-12-24-68-28-36(60-64-68)15-13-14-35-27-67(63-59-35)23-11-3-5-20-48(76)57-39-18-9-7-16-37(39)41-29-69(65-61-41)43-22-25-82-54(50(43)56-34(2)73)52(79)46(75)32-72;2-1-3;;/h7-10,16-19,22,26-30,33,43-46,50-54,71-72,74-75,78-79H,3-6,11-15,20-21,23-24,31-32H2,1-2H3,(H,56,73)(H,57,76)(H,58,77)(H,80,81);;;/q-1;;2*+1/p-1/t33-,43-,44+,45-,46+,50+,51-,52+,53-,54+;;;/m1.../s1. The number of carboxylic acids is 1. The van der Waals surface area contributed by atoms with Crippen LogP contribution in [0.2, 0.25) is 0 Å². The maximum absolute atomic E-state index is 13.1. The van der Waals surface area contributed by atoms with Crippen molar-refractivity contribution < 1.29 is 133 Å². The first-order valence-corrected chi connectivity index (χ1v) is 28.0. The molecule has 0 spiro atoms. The second-order valence-electron chi connectivity index (χ2n) is 20.7. The molecule has 88 heavy (non-hydrogen) atoms. The smallest absolute Gasteiger partial charge is 0.688 e. The molecule has 6 heterocycles. The zero-order chi connectivity index (χ0) is 61.7. The van der Waals surface area contributed by atoms with Gasteiger partial charge in [0.15, 0.2) is 0 Å². The zero-order valence-electron chi connectivity index (χ0n) is 49.2. The minimum atomic E-state index is -1.62. The molecular formula is C56H69N15Na2O15. The Hall–Kier alpha value is -6.90. The number of carbonyl (C=O) groups excluding carboxylic acids is 6. The molecule has 0 fully saturated rings. The van der Waals surface area contributed by atoms with E-state index in [0.717, 1.165) is 43.5 Å². The van der Waals surface area contributed by atoms with Crippen LogP contribution in [0.5, 0.6) is 0 Å². The first kappa shape index (κ1) is 71.8. The number of rotatable bonds is 30. The van der Waals surface area contributed by atoms with Crippen molar-refractivity contribution in [1.29, 1.82) is 0 Å². The number of hydrogen-bond donors (Lipinski definition) is 9. The summed E-state index contributed by atoms with van der Waals surface area (Å²) in [5, 5.41) is 115. The largest absolute Gasteiger partial charge is 1.00 e. The molecule has 0 bridgehead atoms. The van der Waals surface area contributed by atoms with Crippen molar-refractivity contribution in [2.45, 2.75) is 152 Å². The van der Waals surface area contributed by atoms with Crippen LogP contribution >= 0.6 is 0 Å². The van der Waals surface area contributed by atoms with Crippen molar-refractivity contribution in [2.24, 2.45) is 5.92 Å². The van der Waals surface area contributed by atoms with Crippen LogP contribution in [0.3, 0.4) is 0 Å². The Morgan fingerprint density at radius 2 is 1.14 bits per heavy atom. The van der Waals surface area contributed by atoms with Gasteiger partial charge in [-0.05, 0) is 63.2 Å². The number of nitrogens with zero attached hydrogens (tertiary/aromatic N) is 12. The van der Waals surface area contributed by atoms with Gasteiger partial charge >= 0.3 is 65.3 Å². The predicted octanol–water partition coefficient (Wildman–Crippen LogP) is -6.22. The van der Waals surface area contributed by atoms with Crippen molar-refractivity contribution in [3.8, 4) is 22.5 Å². The third-order valence-corrected chi connectivity index (χ3v) is 14.4. The number of allylic oxidation sites excluding steroid dienone is 1. The topological polar surface area (TPSA) is 424 Å². The number of hydrogen-bond acceptors (Lipinski definition) is 23. The monoisotopic (exact) mass is 1240 g/mol. The Morgan fingerprint density at radius 3 is 1.61 bits per heavy atom. The van der Waals surface area contributed by atoms with Gasteiger partial charge in [-0.25, -0.2) is 15.4 Å². The van der Waals surface area contributed by atoms with Crippen molar-refractivity contribution >= 4 is 41.2 Å². The summed E-state index contributed by atoms with van der Waals surface area (Å²) in [4.78, 5) is 66.4. The number of ether oxygens (including phenoxy) is 2. The van der Waals surface area contributed by atoms with Gasteiger partial charge in [0.25, 0.3) is 0 Å². The molecule has 0 aliphatic carbocycles. The van der Waals surface area contributed by atoms with Gasteiger partial charge in [0, 0.05) is 62.3 Å². The van der Waals surface area contributed by atoms with Gasteiger partial charge in [0.05, 0.1) is 66.5 Å². The van der Waals surface area contributed by atoms with Crippen molar-refractivity contribution in [3.05, 3.63) is 109 Å². The molecular weight excluding hydrogens is 1170 g/mol. The number of nitrogens with one attached hydrogen (secondary N) is 3. The second-order valence-corrected chi connectivity index (χ2v) is 20.7. The van der Waals surface area contributed by atoms with Gasteiger partial charge < -0.3 is 72.2 Å². The van der Waals surface area contributed by atoms with E-state index in [4.69, 9.17) is 19.1 Å². The molecule has 0 radical (unpaired) electrons. The molecule has 2 aromatic carbocycles. The molecule has 10 atom stereocenters. The fourth-order valence-electron chi connectivity index (χ4n) is 9.94. The second kappa shape index (κ2) is 35.9. The van der Waals surface area contributed by atoms with E-state index in [-0.39, 0.29) is 83.5 Å². The third-order valence-electron chi connectivity index (χ3n) is 14.4. The van der Waals surface area contributed by atoms with Crippen LogP contribution in [0.25, 0.3) is 22.5 Å². The Balaban J connectivity index is 0.00000276. The van der Waals surface area contributed by atoms with Crippen LogP contribution < -0.4 is 80.2 Å². The minimum Gasteiger partial charge on any atom is -0.688 e. The number of aliphatic carboxylic acids is 1. The SMILES string of the molecule is CC(=O)N[C@@H]1[C@@H]([C@@H](O)[C@@H](O)CO)O[C-]=C[C@H]1n1cc(-c2ccccc2NC(=O)CCCCCn2cc(CCCc3cn(CCCCCC(=O)Nc4ccccc4-c4cn([C@H]5C=C(C(=O)[O-])O[C@@H]([C@H](O)[C@H](O)CO)[C@@H]5C)nn4)nn3)nn2)nn1.O=C=O.[Na+].[Na+]. The van der Waals surface area contributed by atoms with E-state index < -0.39 is 91.5 Å². The number of anilines is 2. The molecule has 6 aromatic rings. The summed E-state index contributed by atoms with van der Waals surface area (Å²) in [5.74, 6) is -3.56. The number of aliphatic hydroxyl groups excluding tert-OH is 6. The number of carbonyl (C=O) groups is 4. The van der Waals surface area contributed by atoms with Crippen LogP contribution in [-0.4, -0.2) is 176 Å². The van der Waals surface area contributed by atoms with E-state index in [1.807, 2.05) is 17.1 Å². The Morgan fingerprint density at radius 1 is 0.659 bits per heavy atom. The first-order chi connectivity index (χ1) is 41.5. The maximum Gasteiger partial charge on any atom is 1.00 e. The average Bonchev–Trinajstić information content (AvgIpc) is 3.91. The summed E-state index contributed by atoms with van der Waals surface area (Å²) < 4.78 is 17.4. The number of para-hydroxylation sites is 2. The number of carboxylic acid groups (broad SMARTS) is 1. The van der Waals surface area contributed by atoms with Gasteiger partial charge in [-0.2, -0.15) is 9.59 Å². The number of amides is 3. The molecule has 30 nitrogen and oxygen atoms in total. The van der Waals surface area contributed by atoms with E-state index in [1.165, 1.54) is 28.4 Å². The minimum absolute atomic E-state index is 0. The summed E-state index contributed by atoms with van der Waals surface area (Å²) in [6.45, 7) is 2.80. The summed E-state index contributed by atoms with van der Waals surface area (Å²) in [5.41, 5.74) is 4.80. The number of unbranched alkanes of at least 4 members (excludes halogenated alkanes) is 4. The van der Waals surface area contributed by atoms with Crippen molar-refractivity contribution in [3.63, 3.8) is 0 Å². The van der Waals surface area contributed by atoms with E-state index in [2.05, 4.69) is 63.5 Å².